The van der Waals surface area contributed by atoms with Crippen LogP contribution >= 0.6 is 0 Å². The molecule has 0 saturated heterocycles. The Balaban J connectivity index is 2.58. The van der Waals surface area contributed by atoms with Crippen molar-refractivity contribution in [2.24, 2.45) is 5.73 Å². The van der Waals surface area contributed by atoms with Crippen LogP contribution in [0, 0.1) is 0 Å². The highest BCUT2D eigenvalue weighted by atomic mass is 16.5. The predicted octanol–water partition coefficient (Wildman–Crippen LogP) is 1.55. The number of ketones is 1. The lowest BCUT2D eigenvalue weighted by molar-refractivity contribution is -0.140. The van der Waals surface area contributed by atoms with Crippen molar-refractivity contribution in [1.29, 1.82) is 0 Å². The molecule has 0 spiro atoms. The molecular formula is C14H19NO4. The average Bonchev–Trinajstić information content (AvgIpc) is 2.44. The molecule has 19 heavy (non-hydrogen) atoms. The summed E-state index contributed by atoms with van der Waals surface area (Å²) in [6, 6.07) is 6.10. The smallest absolute Gasteiger partial charge is 0.305 e. The van der Waals surface area contributed by atoms with Gasteiger partial charge in [-0.1, -0.05) is 0 Å². The molecular weight excluding hydrogens is 246 g/mol. The van der Waals surface area contributed by atoms with Gasteiger partial charge < -0.3 is 15.2 Å². The minimum absolute atomic E-state index is 0.139. The Kier molecular flexibility index (Phi) is 6.02. The number of benzene rings is 1. The van der Waals surface area contributed by atoms with E-state index in [1.807, 2.05) is 6.92 Å². The summed E-state index contributed by atoms with van der Waals surface area (Å²) in [5.41, 5.74) is 6.28. The average molecular weight is 265 g/mol. The van der Waals surface area contributed by atoms with Gasteiger partial charge in [-0.3, -0.25) is 9.59 Å². The van der Waals surface area contributed by atoms with Crippen LogP contribution < -0.4 is 10.5 Å². The van der Waals surface area contributed by atoms with E-state index in [0.717, 1.165) is 0 Å². The fourth-order valence-electron chi connectivity index (χ4n) is 1.60. The van der Waals surface area contributed by atoms with Crippen LogP contribution in [0.15, 0.2) is 24.3 Å². The molecule has 5 heteroatoms. The van der Waals surface area contributed by atoms with Crippen molar-refractivity contribution in [3.05, 3.63) is 29.8 Å². The molecule has 0 bridgehead atoms. The summed E-state index contributed by atoms with van der Waals surface area (Å²) in [5, 5.41) is 0. The van der Waals surface area contributed by atoms with Gasteiger partial charge in [0.15, 0.2) is 5.78 Å². The fourth-order valence-corrected chi connectivity index (χ4v) is 1.60. The van der Waals surface area contributed by atoms with E-state index in [1.54, 1.807) is 24.3 Å². The van der Waals surface area contributed by atoms with Gasteiger partial charge in [0.25, 0.3) is 0 Å². The van der Waals surface area contributed by atoms with Gasteiger partial charge in [0.05, 0.1) is 19.8 Å². The summed E-state index contributed by atoms with van der Waals surface area (Å²) in [6.45, 7) is 2.47. The summed E-state index contributed by atoms with van der Waals surface area (Å²) < 4.78 is 9.80. The Morgan fingerprint density at radius 3 is 2.42 bits per heavy atom. The minimum atomic E-state index is -0.697. The zero-order valence-electron chi connectivity index (χ0n) is 11.2. The van der Waals surface area contributed by atoms with Crippen LogP contribution in [0.4, 0.5) is 0 Å². The molecule has 104 valence electrons. The lowest BCUT2D eigenvalue weighted by atomic mass is 10.0. The summed E-state index contributed by atoms with van der Waals surface area (Å²) in [6.07, 6.45) is 0.416. The topological polar surface area (TPSA) is 78.6 Å². The van der Waals surface area contributed by atoms with Crippen molar-refractivity contribution in [1.82, 2.24) is 0 Å². The number of ether oxygens (including phenoxy) is 2. The monoisotopic (exact) mass is 265 g/mol. The first-order chi connectivity index (χ1) is 9.08. The Bertz CT molecular complexity index is 428. The molecule has 0 aromatic heterocycles. The van der Waals surface area contributed by atoms with Crippen LogP contribution in [-0.4, -0.2) is 31.5 Å². The van der Waals surface area contributed by atoms with Crippen LogP contribution in [-0.2, 0) is 9.53 Å². The zero-order chi connectivity index (χ0) is 14.3. The highest BCUT2D eigenvalue weighted by molar-refractivity contribution is 6.00. The molecule has 0 radical (unpaired) electrons. The van der Waals surface area contributed by atoms with E-state index < -0.39 is 6.04 Å². The van der Waals surface area contributed by atoms with Crippen LogP contribution in [0.3, 0.4) is 0 Å². The van der Waals surface area contributed by atoms with Crippen molar-refractivity contribution in [2.75, 3.05) is 13.7 Å². The Morgan fingerprint density at radius 1 is 1.26 bits per heavy atom. The second kappa shape index (κ2) is 7.53. The van der Waals surface area contributed by atoms with Crippen molar-refractivity contribution >= 4 is 11.8 Å². The Hall–Kier alpha value is -1.88. The third kappa shape index (κ3) is 4.71. The van der Waals surface area contributed by atoms with E-state index >= 15 is 0 Å². The highest BCUT2D eigenvalue weighted by Gasteiger charge is 2.17. The van der Waals surface area contributed by atoms with E-state index in [4.69, 9.17) is 10.5 Å². The van der Waals surface area contributed by atoms with Crippen molar-refractivity contribution in [2.45, 2.75) is 25.8 Å². The summed E-state index contributed by atoms with van der Waals surface area (Å²) in [5.74, 6) is 0.157. The van der Waals surface area contributed by atoms with Crippen molar-refractivity contribution < 1.29 is 19.1 Å². The normalized spacial score (nSPS) is 11.7. The van der Waals surface area contributed by atoms with Gasteiger partial charge in [-0.2, -0.15) is 0 Å². The van der Waals surface area contributed by atoms with E-state index in [9.17, 15) is 9.59 Å². The van der Waals surface area contributed by atoms with Gasteiger partial charge in [-0.05, 0) is 37.6 Å². The first-order valence-corrected chi connectivity index (χ1v) is 6.18. The van der Waals surface area contributed by atoms with E-state index in [-0.39, 0.29) is 24.6 Å². The molecule has 0 heterocycles. The van der Waals surface area contributed by atoms with Gasteiger partial charge in [-0.15, -0.1) is 0 Å². The molecule has 1 aromatic rings. The van der Waals surface area contributed by atoms with E-state index in [2.05, 4.69) is 4.74 Å². The third-order valence-corrected chi connectivity index (χ3v) is 2.67. The number of nitrogens with two attached hydrogens (primary N) is 1. The second-order valence-corrected chi connectivity index (χ2v) is 4.04. The second-order valence-electron chi connectivity index (χ2n) is 4.04. The number of hydrogen-bond donors (Lipinski definition) is 1. The van der Waals surface area contributed by atoms with E-state index in [1.165, 1.54) is 7.11 Å². The summed E-state index contributed by atoms with van der Waals surface area (Å²) in [7, 11) is 1.31. The maximum Gasteiger partial charge on any atom is 0.305 e. The number of esters is 1. The molecule has 1 aromatic carbocycles. The largest absolute Gasteiger partial charge is 0.494 e. The van der Waals surface area contributed by atoms with Crippen LogP contribution in [0.5, 0.6) is 5.75 Å². The lowest BCUT2D eigenvalue weighted by Gasteiger charge is -2.10. The number of rotatable bonds is 7. The molecule has 5 nitrogen and oxygen atoms in total. The number of carbonyl (C=O) groups excluding carboxylic acids is 2. The SMILES string of the molecule is CCOc1ccc(C(=O)C(N)CCC(=O)OC)cc1. The molecule has 0 aliphatic rings. The summed E-state index contributed by atoms with van der Waals surface area (Å²) in [4.78, 5) is 23.0. The van der Waals surface area contributed by atoms with Crippen LogP contribution in [0.25, 0.3) is 0 Å². The zero-order valence-corrected chi connectivity index (χ0v) is 11.2. The fraction of sp³-hybridized carbons (Fsp3) is 0.429. The van der Waals surface area contributed by atoms with E-state index in [0.29, 0.717) is 17.9 Å². The van der Waals surface area contributed by atoms with Crippen molar-refractivity contribution in [3.63, 3.8) is 0 Å². The number of carbonyl (C=O) groups is 2. The lowest BCUT2D eigenvalue weighted by Crippen LogP contribution is -2.31. The quantitative estimate of drug-likeness (QED) is 0.597. The number of hydrogen-bond acceptors (Lipinski definition) is 5. The van der Waals surface area contributed by atoms with Crippen LogP contribution in [0.2, 0.25) is 0 Å². The van der Waals surface area contributed by atoms with Crippen molar-refractivity contribution in [3.8, 4) is 5.75 Å². The molecule has 1 rings (SSSR count). The Labute approximate surface area is 112 Å². The van der Waals surface area contributed by atoms with Gasteiger partial charge in [-0.25, -0.2) is 0 Å². The maximum atomic E-state index is 12.0. The highest BCUT2D eigenvalue weighted by Crippen LogP contribution is 2.14. The molecule has 0 amide bonds. The van der Waals surface area contributed by atoms with Gasteiger partial charge >= 0.3 is 5.97 Å². The molecule has 0 fully saturated rings. The first-order valence-electron chi connectivity index (χ1n) is 6.18. The van der Waals surface area contributed by atoms with Gasteiger partial charge in [0.2, 0.25) is 0 Å². The molecule has 0 saturated carbocycles. The standard InChI is InChI=1S/C14H19NO4/c1-3-19-11-6-4-10(5-7-11)14(17)12(15)8-9-13(16)18-2/h4-7,12H,3,8-9,15H2,1-2H3. The third-order valence-electron chi connectivity index (χ3n) is 2.67. The van der Waals surface area contributed by atoms with Gasteiger partial charge in [0.1, 0.15) is 5.75 Å². The molecule has 2 N–H and O–H groups in total. The molecule has 1 unspecified atom stereocenters. The minimum Gasteiger partial charge on any atom is -0.494 e. The number of Topliss-reactive ketones (excluding diaryl/α,β-unsaturated/α-hetero) is 1. The van der Waals surface area contributed by atoms with Crippen LogP contribution in [0.1, 0.15) is 30.1 Å². The summed E-state index contributed by atoms with van der Waals surface area (Å²) >= 11 is 0. The maximum absolute atomic E-state index is 12.0. The Morgan fingerprint density at radius 2 is 1.89 bits per heavy atom. The number of methoxy groups -OCH3 is 1. The first kappa shape index (κ1) is 15.2. The molecule has 0 aliphatic carbocycles. The molecule has 1 atom stereocenters. The van der Waals surface area contributed by atoms with Gasteiger partial charge in [0, 0.05) is 12.0 Å². The predicted molar refractivity (Wildman–Crippen MR) is 71.2 cm³/mol. The molecule has 0 aliphatic heterocycles.